The number of nitrogens with zero attached hydrogens (tertiary/aromatic N) is 2. The number of rotatable bonds is 7. The third-order valence-corrected chi connectivity index (χ3v) is 5.67. The highest BCUT2D eigenvalue weighted by atomic mass is 16.4. The van der Waals surface area contributed by atoms with Crippen LogP contribution in [-0.4, -0.2) is 58.9 Å². The Morgan fingerprint density at radius 1 is 1.15 bits per heavy atom. The summed E-state index contributed by atoms with van der Waals surface area (Å²) in [7, 11) is 0. The zero-order valence-electron chi connectivity index (χ0n) is 15.7. The molecule has 6 nitrogen and oxygen atoms in total. The first kappa shape index (κ1) is 19.4. The normalized spacial score (nSPS) is 22.9. The summed E-state index contributed by atoms with van der Waals surface area (Å²) in [5, 5.41) is 8.86. The predicted octanol–water partition coefficient (Wildman–Crippen LogP) is 2.18. The number of aliphatic carboxylic acids is 1. The molecule has 2 amide bonds. The fraction of sp³-hybridized carbons (Fsp3) is 0.571. The third kappa shape index (κ3) is 5.31. The lowest BCUT2D eigenvalue weighted by Crippen LogP contribution is -2.43. The van der Waals surface area contributed by atoms with Gasteiger partial charge in [-0.25, -0.2) is 0 Å². The summed E-state index contributed by atoms with van der Waals surface area (Å²) in [6.45, 7) is 2.49. The van der Waals surface area contributed by atoms with Crippen molar-refractivity contribution in [1.29, 1.82) is 0 Å². The molecule has 0 bridgehead atoms. The van der Waals surface area contributed by atoms with E-state index in [4.69, 9.17) is 5.11 Å². The summed E-state index contributed by atoms with van der Waals surface area (Å²) in [5.41, 5.74) is 1.19. The fourth-order valence-corrected chi connectivity index (χ4v) is 4.15. The summed E-state index contributed by atoms with van der Waals surface area (Å²) in [5.74, 6) is -0.667. The average molecular weight is 372 g/mol. The number of carbonyl (C=O) groups is 3. The SMILES string of the molecule is O=C(O)CCC1CCCN(C(=O)C2CC(=O)N(CCc3ccccc3)C2)C1. The Kier molecular flexibility index (Phi) is 6.48. The predicted molar refractivity (Wildman–Crippen MR) is 101 cm³/mol. The molecule has 2 unspecified atom stereocenters. The molecule has 6 heteroatoms. The quantitative estimate of drug-likeness (QED) is 0.796. The van der Waals surface area contributed by atoms with Gasteiger partial charge in [0.2, 0.25) is 11.8 Å². The van der Waals surface area contributed by atoms with Crippen LogP contribution in [0.2, 0.25) is 0 Å². The summed E-state index contributed by atoms with van der Waals surface area (Å²) in [6.07, 6.45) is 3.75. The summed E-state index contributed by atoms with van der Waals surface area (Å²) >= 11 is 0. The molecule has 0 aromatic heterocycles. The highest BCUT2D eigenvalue weighted by molar-refractivity contribution is 5.89. The summed E-state index contributed by atoms with van der Waals surface area (Å²) in [6, 6.07) is 10.1. The number of hydrogen-bond acceptors (Lipinski definition) is 3. The topological polar surface area (TPSA) is 77.9 Å². The number of carbonyl (C=O) groups excluding carboxylic acids is 2. The molecule has 2 aliphatic heterocycles. The monoisotopic (exact) mass is 372 g/mol. The van der Waals surface area contributed by atoms with Gasteiger partial charge in [0.25, 0.3) is 0 Å². The Hall–Kier alpha value is -2.37. The lowest BCUT2D eigenvalue weighted by molar-refractivity contribution is -0.138. The zero-order chi connectivity index (χ0) is 19.2. The van der Waals surface area contributed by atoms with E-state index in [-0.39, 0.29) is 30.1 Å². The minimum absolute atomic E-state index is 0.0590. The molecule has 2 aliphatic rings. The molecule has 1 aromatic carbocycles. The highest BCUT2D eigenvalue weighted by Gasteiger charge is 2.37. The smallest absolute Gasteiger partial charge is 0.303 e. The molecule has 0 spiro atoms. The summed E-state index contributed by atoms with van der Waals surface area (Å²) < 4.78 is 0. The van der Waals surface area contributed by atoms with E-state index in [9.17, 15) is 14.4 Å². The molecule has 2 saturated heterocycles. The van der Waals surface area contributed by atoms with E-state index in [1.54, 1.807) is 4.90 Å². The van der Waals surface area contributed by atoms with Gasteiger partial charge in [-0.05, 0) is 37.2 Å². The first-order chi connectivity index (χ1) is 13.0. The van der Waals surface area contributed by atoms with Crippen LogP contribution < -0.4 is 0 Å². The van der Waals surface area contributed by atoms with Crippen LogP contribution in [0.5, 0.6) is 0 Å². The lowest BCUT2D eigenvalue weighted by atomic mass is 9.92. The van der Waals surface area contributed by atoms with Gasteiger partial charge < -0.3 is 14.9 Å². The first-order valence-electron chi connectivity index (χ1n) is 9.85. The van der Waals surface area contributed by atoms with E-state index in [0.29, 0.717) is 32.5 Å². The molecule has 0 radical (unpaired) electrons. The molecule has 2 atom stereocenters. The Bertz CT molecular complexity index is 676. The number of carboxylic acid groups (broad SMARTS) is 1. The van der Waals surface area contributed by atoms with Gasteiger partial charge in [-0.3, -0.25) is 14.4 Å². The maximum absolute atomic E-state index is 12.9. The fourth-order valence-electron chi connectivity index (χ4n) is 4.15. The molecule has 2 heterocycles. The number of hydrogen-bond donors (Lipinski definition) is 1. The van der Waals surface area contributed by atoms with Crippen molar-refractivity contribution >= 4 is 17.8 Å². The molecular weight excluding hydrogens is 344 g/mol. The molecule has 2 fully saturated rings. The van der Waals surface area contributed by atoms with Gasteiger partial charge in [0.05, 0.1) is 5.92 Å². The molecule has 1 aromatic rings. The van der Waals surface area contributed by atoms with Gasteiger partial charge in [0, 0.05) is 39.0 Å². The third-order valence-electron chi connectivity index (χ3n) is 5.67. The van der Waals surface area contributed by atoms with Crippen molar-refractivity contribution in [3.05, 3.63) is 35.9 Å². The van der Waals surface area contributed by atoms with Crippen molar-refractivity contribution in [2.45, 2.75) is 38.5 Å². The van der Waals surface area contributed by atoms with Gasteiger partial charge >= 0.3 is 5.97 Å². The standard InChI is InChI=1S/C21H28N2O4/c24-19-13-18(15-22(19)12-10-16-5-2-1-3-6-16)21(27)23-11-4-7-17(14-23)8-9-20(25)26/h1-3,5-6,17-18H,4,7-15H2,(H,25,26). The zero-order valence-corrected chi connectivity index (χ0v) is 15.7. The van der Waals surface area contributed by atoms with Crippen LogP contribution >= 0.6 is 0 Å². The van der Waals surface area contributed by atoms with Crippen molar-refractivity contribution in [3.63, 3.8) is 0 Å². The van der Waals surface area contributed by atoms with Crippen molar-refractivity contribution in [1.82, 2.24) is 9.80 Å². The second-order valence-corrected chi connectivity index (χ2v) is 7.70. The number of likely N-dealkylation sites (tertiary alicyclic amines) is 2. The number of carboxylic acids is 1. The minimum atomic E-state index is -0.783. The molecule has 146 valence electrons. The van der Waals surface area contributed by atoms with Crippen LogP contribution in [-0.2, 0) is 20.8 Å². The van der Waals surface area contributed by atoms with Gasteiger partial charge in [-0.1, -0.05) is 30.3 Å². The van der Waals surface area contributed by atoms with Crippen molar-refractivity contribution < 1.29 is 19.5 Å². The van der Waals surface area contributed by atoms with Gasteiger partial charge in [-0.15, -0.1) is 0 Å². The van der Waals surface area contributed by atoms with E-state index >= 15 is 0 Å². The number of benzene rings is 1. The number of amides is 2. The molecule has 1 N–H and O–H groups in total. The van der Waals surface area contributed by atoms with E-state index in [1.165, 1.54) is 5.56 Å². The van der Waals surface area contributed by atoms with E-state index < -0.39 is 5.97 Å². The van der Waals surface area contributed by atoms with Crippen molar-refractivity contribution in [2.75, 3.05) is 26.2 Å². The maximum atomic E-state index is 12.9. The lowest BCUT2D eigenvalue weighted by Gasteiger charge is -2.34. The van der Waals surface area contributed by atoms with Crippen LogP contribution in [0, 0.1) is 11.8 Å². The second kappa shape index (κ2) is 9.02. The number of piperidine rings is 1. The van der Waals surface area contributed by atoms with Crippen LogP contribution in [0.25, 0.3) is 0 Å². The highest BCUT2D eigenvalue weighted by Crippen LogP contribution is 2.26. The maximum Gasteiger partial charge on any atom is 0.303 e. The Balaban J connectivity index is 1.50. The van der Waals surface area contributed by atoms with Crippen LogP contribution in [0.1, 0.15) is 37.7 Å². The van der Waals surface area contributed by atoms with E-state index in [1.807, 2.05) is 35.2 Å². The Morgan fingerprint density at radius 3 is 2.67 bits per heavy atom. The minimum Gasteiger partial charge on any atom is -0.481 e. The molecular formula is C21H28N2O4. The summed E-state index contributed by atoms with van der Waals surface area (Å²) in [4.78, 5) is 39.6. The average Bonchev–Trinajstić information content (AvgIpc) is 3.06. The Morgan fingerprint density at radius 2 is 1.93 bits per heavy atom. The van der Waals surface area contributed by atoms with Crippen LogP contribution in [0.4, 0.5) is 0 Å². The van der Waals surface area contributed by atoms with Gasteiger partial charge in [0.15, 0.2) is 0 Å². The molecule has 27 heavy (non-hydrogen) atoms. The van der Waals surface area contributed by atoms with Crippen molar-refractivity contribution in [2.24, 2.45) is 11.8 Å². The van der Waals surface area contributed by atoms with E-state index in [2.05, 4.69) is 0 Å². The van der Waals surface area contributed by atoms with E-state index in [0.717, 1.165) is 25.8 Å². The van der Waals surface area contributed by atoms with Crippen molar-refractivity contribution in [3.8, 4) is 0 Å². The Labute approximate surface area is 160 Å². The molecule has 3 rings (SSSR count). The second-order valence-electron chi connectivity index (χ2n) is 7.70. The van der Waals surface area contributed by atoms with Crippen LogP contribution in [0.3, 0.4) is 0 Å². The largest absolute Gasteiger partial charge is 0.481 e. The van der Waals surface area contributed by atoms with Gasteiger partial charge in [0.1, 0.15) is 0 Å². The van der Waals surface area contributed by atoms with Crippen LogP contribution in [0.15, 0.2) is 30.3 Å². The molecule has 0 aliphatic carbocycles. The molecule has 0 saturated carbocycles. The van der Waals surface area contributed by atoms with Gasteiger partial charge in [-0.2, -0.15) is 0 Å². The first-order valence-corrected chi connectivity index (χ1v) is 9.85.